The lowest BCUT2D eigenvalue weighted by atomic mass is 9.92. The fourth-order valence-corrected chi connectivity index (χ4v) is 2.68. The van der Waals surface area contributed by atoms with E-state index >= 15 is 0 Å². The smallest absolute Gasteiger partial charge is 0.155 e. The van der Waals surface area contributed by atoms with Crippen LogP contribution in [0.15, 0.2) is 24.8 Å². The quantitative estimate of drug-likeness (QED) is 0.775. The van der Waals surface area contributed by atoms with Crippen molar-refractivity contribution in [3.05, 3.63) is 30.5 Å². The number of rotatable bonds is 8. The van der Waals surface area contributed by atoms with Crippen molar-refractivity contribution in [1.82, 2.24) is 19.7 Å². The van der Waals surface area contributed by atoms with Gasteiger partial charge >= 0.3 is 0 Å². The first kappa shape index (κ1) is 14.9. The Morgan fingerprint density at radius 1 is 1.25 bits per heavy atom. The van der Waals surface area contributed by atoms with Crippen LogP contribution in [0.1, 0.15) is 45.2 Å². The van der Waals surface area contributed by atoms with Crippen LogP contribution in [0.5, 0.6) is 0 Å². The summed E-state index contributed by atoms with van der Waals surface area (Å²) in [5.41, 5.74) is 1.34. The maximum atomic E-state index is 10.6. The molecule has 0 atom stereocenters. The van der Waals surface area contributed by atoms with Crippen LogP contribution in [-0.2, 0) is 6.54 Å². The zero-order valence-electron chi connectivity index (χ0n) is 12.3. The number of hydrogen-bond acceptors (Lipinski definition) is 4. The highest BCUT2D eigenvalue weighted by Gasteiger charge is 2.24. The molecular formula is C15H24N4O. The Morgan fingerprint density at radius 2 is 2.00 bits per heavy atom. The molecule has 2 aromatic heterocycles. The average Bonchev–Trinajstić information content (AvgIpc) is 2.83. The van der Waals surface area contributed by atoms with Gasteiger partial charge in [-0.1, -0.05) is 26.7 Å². The van der Waals surface area contributed by atoms with Crippen molar-refractivity contribution in [2.45, 2.75) is 51.7 Å². The van der Waals surface area contributed by atoms with E-state index in [0.29, 0.717) is 13.1 Å². The summed E-state index contributed by atoms with van der Waals surface area (Å²) in [6.45, 7) is 5.53. The molecule has 0 aliphatic carbocycles. The van der Waals surface area contributed by atoms with Crippen LogP contribution in [0.2, 0.25) is 0 Å². The molecule has 0 saturated heterocycles. The highest BCUT2D eigenvalue weighted by Crippen LogP contribution is 2.18. The van der Waals surface area contributed by atoms with E-state index in [0.717, 1.165) is 37.0 Å². The second kappa shape index (κ2) is 6.81. The van der Waals surface area contributed by atoms with Gasteiger partial charge in [0.15, 0.2) is 5.65 Å². The highest BCUT2D eigenvalue weighted by molar-refractivity contribution is 5.36. The van der Waals surface area contributed by atoms with E-state index in [9.17, 15) is 5.11 Å². The van der Waals surface area contributed by atoms with Gasteiger partial charge in [-0.2, -0.15) is 0 Å². The van der Waals surface area contributed by atoms with E-state index in [-0.39, 0.29) is 0 Å². The number of fused-ring (bicyclic) bond motifs is 1. The fraction of sp³-hybridized carbons (Fsp3) is 0.600. The topological polar surface area (TPSA) is 62.5 Å². The molecule has 2 aromatic rings. The van der Waals surface area contributed by atoms with E-state index in [1.165, 1.54) is 0 Å². The first-order valence-electron chi connectivity index (χ1n) is 7.37. The van der Waals surface area contributed by atoms with Crippen molar-refractivity contribution in [2.24, 2.45) is 0 Å². The normalized spacial score (nSPS) is 12.2. The van der Waals surface area contributed by atoms with Gasteiger partial charge in [0.25, 0.3) is 0 Å². The lowest BCUT2D eigenvalue weighted by molar-refractivity contribution is 0.0214. The maximum absolute atomic E-state index is 10.6. The lowest BCUT2D eigenvalue weighted by Crippen LogP contribution is -2.40. The third kappa shape index (κ3) is 3.55. The SMILES string of the molecule is CCCC(O)(CCC)CNCc1cnc2cnccn12. The highest BCUT2D eigenvalue weighted by atomic mass is 16.3. The molecule has 0 spiro atoms. The first-order chi connectivity index (χ1) is 9.68. The summed E-state index contributed by atoms with van der Waals surface area (Å²) in [4.78, 5) is 8.36. The van der Waals surface area contributed by atoms with Gasteiger partial charge in [0.05, 0.1) is 23.7 Å². The van der Waals surface area contributed by atoms with Crippen LogP contribution in [0, 0.1) is 0 Å². The molecule has 20 heavy (non-hydrogen) atoms. The Hall–Kier alpha value is -1.46. The minimum absolute atomic E-state index is 0.592. The summed E-state index contributed by atoms with van der Waals surface area (Å²) in [6.07, 6.45) is 10.9. The van der Waals surface area contributed by atoms with Crippen molar-refractivity contribution >= 4 is 5.65 Å². The summed E-state index contributed by atoms with van der Waals surface area (Å²) in [5.74, 6) is 0. The van der Waals surface area contributed by atoms with Crippen LogP contribution < -0.4 is 5.32 Å². The predicted octanol–water partition coefficient (Wildman–Crippen LogP) is 2.15. The largest absolute Gasteiger partial charge is 0.389 e. The summed E-state index contributed by atoms with van der Waals surface area (Å²) < 4.78 is 2.01. The Labute approximate surface area is 120 Å². The van der Waals surface area contributed by atoms with Crippen LogP contribution in [0.25, 0.3) is 5.65 Å². The Balaban J connectivity index is 1.94. The molecule has 2 rings (SSSR count). The Kier molecular flexibility index (Phi) is 5.09. The molecule has 0 unspecified atom stereocenters. The number of nitrogens with one attached hydrogen (secondary N) is 1. The fourth-order valence-electron chi connectivity index (χ4n) is 2.68. The van der Waals surface area contributed by atoms with Crippen LogP contribution in [0.4, 0.5) is 0 Å². The molecule has 0 aromatic carbocycles. The predicted molar refractivity (Wildman–Crippen MR) is 79.5 cm³/mol. The van der Waals surface area contributed by atoms with Crippen molar-refractivity contribution in [3.8, 4) is 0 Å². The van der Waals surface area contributed by atoms with E-state index in [2.05, 4.69) is 29.1 Å². The van der Waals surface area contributed by atoms with Crippen molar-refractivity contribution < 1.29 is 5.11 Å². The van der Waals surface area contributed by atoms with Gasteiger partial charge < -0.3 is 10.4 Å². The van der Waals surface area contributed by atoms with E-state index < -0.39 is 5.60 Å². The van der Waals surface area contributed by atoms with Gasteiger partial charge in [-0.3, -0.25) is 9.38 Å². The Bertz CT molecular complexity index is 531. The van der Waals surface area contributed by atoms with Crippen LogP contribution >= 0.6 is 0 Å². The lowest BCUT2D eigenvalue weighted by Gasteiger charge is -2.27. The number of imidazole rings is 1. The molecule has 5 nitrogen and oxygen atoms in total. The monoisotopic (exact) mass is 276 g/mol. The summed E-state index contributed by atoms with van der Waals surface area (Å²) in [7, 11) is 0. The minimum Gasteiger partial charge on any atom is -0.389 e. The molecule has 0 aliphatic heterocycles. The average molecular weight is 276 g/mol. The second-order valence-corrected chi connectivity index (χ2v) is 5.38. The second-order valence-electron chi connectivity index (χ2n) is 5.38. The summed E-state index contributed by atoms with van der Waals surface area (Å²) in [6, 6.07) is 0. The van der Waals surface area contributed by atoms with Crippen molar-refractivity contribution in [1.29, 1.82) is 0 Å². The van der Waals surface area contributed by atoms with Crippen molar-refractivity contribution in [2.75, 3.05) is 6.54 Å². The summed E-state index contributed by atoms with van der Waals surface area (Å²) >= 11 is 0. The number of aromatic nitrogens is 3. The minimum atomic E-state index is -0.592. The Morgan fingerprint density at radius 3 is 2.70 bits per heavy atom. The summed E-state index contributed by atoms with van der Waals surface area (Å²) in [5, 5.41) is 13.9. The molecule has 2 heterocycles. The van der Waals surface area contributed by atoms with Crippen molar-refractivity contribution in [3.63, 3.8) is 0 Å². The molecule has 0 bridgehead atoms. The molecule has 0 radical (unpaired) electrons. The van der Waals surface area contributed by atoms with E-state index in [1.807, 2.05) is 16.8 Å². The first-order valence-corrected chi connectivity index (χ1v) is 7.37. The van der Waals surface area contributed by atoms with Gasteiger partial charge in [-0.15, -0.1) is 0 Å². The molecule has 2 N–H and O–H groups in total. The van der Waals surface area contributed by atoms with E-state index in [1.54, 1.807) is 12.4 Å². The zero-order valence-corrected chi connectivity index (χ0v) is 12.3. The number of nitrogens with zero attached hydrogens (tertiary/aromatic N) is 3. The number of hydrogen-bond donors (Lipinski definition) is 2. The molecule has 0 aliphatic rings. The molecular weight excluding hydrogens is 252 g/mol. The van der Waals surface area contributed by atoms with Crippen LogP contribution in [0.3, 0.4) is 0 Å². The van der Waals surface area contributed by atoms with Gasteiger partial charge in [0.2, 0.25) is 0 Å². The molecule has 0 saturated carbocycles. The molecule has 0 amide bonds. The maximum Gasteiger partial charge on any atom is 0.155 e. The van der Waals surface area contributed by atoms with Crippen LogP contribution in [-0.4, -0.2) is 31.6 Å². The zero-order chi connectivity index (χ0) is 14.4. The standard InChI is InChI=1S/C15H24N4O/c1-3-5-15(20,6-4-2)12-17-9-13-10-18-14-11-16-7-8-19(13)14/h7-8,10-11,17,20H,3-6,9,12H2,1-2H3. The van der Waals surface area contributed by atoms with E-state index in [4.69, 9.17) is 0 Å². The molecule has 0 fully saturated rings. The molecule has 110 valence electrons. The van der Waals surface area contributed by atoms with Gasteiger partial charge in [-0.25, -0.2) is 4.98 Å². The van der Waals surface area contributed by atoms with Gasteiger partial charge in [0.1, 0.15) is 0 Å². The molecule has 5 heteroatoms. The third-order valence-electron chi connectivity index (χ3n) is 3.58. The van der Waals surface area contributed by atoms with Gasteiger partial charge in [0, 0.05) is 25.5 Å². The van der Waals surface area contributed by atoms with Gasteiger partial charge in [-0.05, 0) is 12.8 Å². The third-order valence-corrected chi connectivity index (χ3v) is 3.58. The number of aliphatic hydroxyl groups is 1.